The number of hydrogen-bond donors (Lipinski definition) is 1. The maximum absolute atomic E-state index is 13.1. The standard InChI is InChI=1S/C19H18N8O2/c1-29-18-22-8-12(9-23-18)14-2-3-15-17(24-14)27(13-4-7-26(15)11-13)19(28)25-16-10-20-5-6-21-16/h2-3,5-6,8-10,13H,4,7,11H2,1H3,(H,21,25,28)/t13-/m0/s1. The Bertz CT molecular complexity index is 1040. The number of urea groups is 1. The van der Waals surface area contributed by atoms with Crippen LogP contribution in [0.4, 0.5) is 22.1 Å². The number of methoxy groups -OCH3 is 1. The Morgan fingerprint density at radius 3 is 2.79 bits per heavy atom. The van der Waals surface area contributed by atoms with E-state index < -0.39 is 0 Å². The van der Waals surface area contributed by atoms with Crippen molar-refractivity contribution in [2.75, 3.05) is 35.3 Å². The second-order valence-corrected chi connectivity index (χ2v) is 6.78. The van der Waals surface area contributed by atoms with Gasteiger partial charge >= 0.3 is 12.0 Å². The molecule has 0 radical (unpaired) electrons. The summed E-state index contributed by atoms with van der Waals surface area (Å²) in [6.07, 6.45) is 8.81. The number of amides is 2. The second kappa shape index (κ2) is 6.97. The molecule has 5 heterocycles. The first-order valence-corrected chi connectivity index (χ1v) is 9.21. The van der Waals surface area contributed by atoms with E-state index in [4.69, 9.17) is 9.72 Å². The molecular formula is C19H18N8O2. The van der Waals surface area contributed by atoms with Crippen LogP contribution in [-0.2, 0) is 0 Å². The monoisotopic (exact) mass is 390 g/mol. The number of hydrogen-bond acceptors (Lipinski definition) is 8. The van der Waals surface area contributed by atoms with E-state index in [1.54, 1.807) is 23.5 Å². The number of pyridine rings is 1. The number of ether oxygens (including phenoxy) is 1. The van der Waals surface area contributed by atoms with E-state index >= 15 is 0 Å². The summed E-state index contributed by atoms with van der Waals surface area (Å²) >= 11 is 0. The molecule has 10 heteroatoms. The average molecular weight is 390 g/mol. The molecule has 5 rings (SSSR count). The van der Waals surface area contributed by atoms with Crippen molar-refractivity contribution in [1.29, 1.82) is 0 Å². The van der Waals surface area contributed by atoms with Crippen molar-refractivity contribution in [2.24, 2.45) is 0 Å². The summed E-state index contributed by atoms with van der Waals surface area (Å²) in [6.45, 7) is 1.67. The predicted molar refractivity (Wildman–Crippen MR) is 106 cm³/mol. The molecule has 1 fully saturated rings. The molecule has 0 spiro atoms. The Labute approximate surface area is 166 Å². The smallest absolute Gasteiger partial charge is 0.329 e. The van der Waals surface area contributed by atoms with Gasteiger partial charge in [0.05, 0.1) is 30.7 Å². The minimum atomic E-state index is -0.270. The number of nitrogens with one attached hydrogen (secondary N) is 1. The first kappa shape index (κ1) is 17.3. The third-order valence-corrected chi connectivity index (χ3v) is 5.08. The number of carbonyl (C=O) groups is 1. The summed E-state index contributed by atoms with van der Waals surface area (Å²) in [5.74, 6) is 1.02. The zero-order valence-electron chi connectivity index (χ0n) is 15.7. The minimum absolute atomic E-state index is 0.0500. The maximum Gasteiger partial charge on any atom is 0.329 e. The van der Waals surface area contributed by atoms with E-state index in [0.29, 0.717) is 23.3 Å². The fourth-order valence-corrected chi connectivity index (χ4v) is 3.72. The Morgan fingerprint density at radius 2 is 2.03 bits per heavy atom. The van der Waals surface area contributed by atoms with E-state index in [2.05, 4.69) is 30.2 Å². The molecule has 29 heavy (non-hydrogen) atoms. The number of rotatable bonds is 3. The molecule has 0 unspecified atom stereocenters. The molecule has 10 nitrogen and oxygen atoms in total. The molecule has 146 valence electrons. The second-order valence-electron chi connectivity index (χ2n) is 6.78. The normalized spacial score (nSPS) is 17.1. The predicted octanol–water partition coefficient (Wildman–Crippen LogP) is 1.97. The summed E-state index contributed by atoms with van der Waals surface area (Å²) in [4.78, 5) is 38.3. The van der Waals surface area contributed by atoms with Crippen LogP contribution in [0, 0.1) is 0 Å². The minimum Gasteiger partial charge on any atom is -0.467 e. The van der Waals surface area contributed by atoms with Crippen LogP contribution in [0.3, 0.4) is 0 Å². The first-order chi connectivity index (χ1) is 14.2. The Hall–Kier alpha value is -3.82. The topological polar surface area (TPSA) is 109 Å². The Balaban J connectivity index is 1.51. The maximum atomic E-state index is 13.1. The van der Waals surface area contributed by atoms with Gasteiger partial charge in [-0.3, -0.25) is 15.2 Å². The molecule has 0 aliphatic carbocycles. The summed E-state index contributed by atoms with van der Waals surface area (Å²) in [6, 6.07) is 3.98. The number of aromatic nitrogens is 5. The van der Waals surface area contributed by atoms with Crippen molar-refractivity contribution >= 4 is 23.4 Å². The molecule has 3 aromatic heterocycles. The van der Waals surface area contributed by atoms with Gasteiger partial charge in [-0.05, 0) is 18.6 Å². The van der Waals surface area contributed by atoms with Gasteiger partial charge in [-0.1, -0.05) is 0 Å². The van der Waals surface area contributed by atoms with Gasteiger partial charge in [0, 0.05) is 43.4 Å². The number of carbonyl (C=O) groups excluding carboxylic acids is 1. The van der Waals surface area contributed by atoms with Crippen LogP contribution in [0.25, 0.3) is 11.3 Å². The third kappa shape index (κ3) is 3.08. The number of nitrogens with zero attached hydrogens (tertiary/aromatic N) is 7. The van der Waals surface area contributed by atoms with Crippen LogP contribution >= 0.6 is 0 Å². The lowest BCUT2D eigenvalue weighted by atomic mass is 10.1. The average Bonchev–Trinajstić information content (AvgIpc) is 3.18. The SMILES string of the molecule is COc1ncc(-c2ccc3c(n2)N(C(=O)Nc2cnccn2)[C@H]2CCN3C2)cn1. The van der Waals surface area contributed by atoms with Crippen molar-refractivity contribution in [3.8, 4) is 17.3 Å². The van der Waals surface area contributed by atoms with E-state index in [1.807, 2.05) is 12.1 Å². The van der Waals surface area contributed by atoms with Crippen molar-refractivity contribution in [2.45, 2.75) is 12.5 Å². The van der Waals surface area contributed by atoms with Gasteiger partial charge < -0.3 is 9.64 Å². The van der Waals surface area contributed by atoms with Gasteiger partial charge in [0.2, 0.25) is 0 Å². The van der Waals surface area contributed by atoms with Crippen molar-refractivity contribution in [3.63, 3.8) is 0 Å². The van der Waals surface area contributed by atoms with E-state index in [9.17, 15) is 4.79 Å². The summed E-state index contributed by atoms with van der Waals surface area (Å²) < 4.78 is 5.02. The lowest BCUT2D eigenvalue weighted by molar-refractivity contribution is 0.254. The van der Waals surface area contributed by atoms with Crippen LogP contribution in [0.5, 0.6) is 6.01 Å². The molecule has 1 N–H and O–H groups in total. The lowest BCUT2D eigenvalue weighted by Crippen LogP contribution is -2.48. The molecule has 1 saturated heterocycles. The molecule has 2 amide bonds. The van der Waals surface area contributed by atoms with Gasteiger partial charge in [-0.25, -0.2) is 24.7 Å². The summed E-state index contributed by atoms with van der Waals surface area (Å²) in [5.41, 5.74) is 2.37. The Morgan fingerprint density at radius 1 is 1.17 bits per heavy atom. The van der Waals surface area contributed by atoms with Gasteiger partial charge in [0.25, 0.3) is 0 Å². The largest absolute Gasteiger partial charge is 0.467 e. The zero-order valence-corrected chi connectivity index (χ0v) is 15.7. The molecule has 0 aromatic carbocycles. The van der Waals surface area contributed by atoms with Gasteiger partial charge in [-0.2, -0.15) is 0 Å². The highest BCUT2D eigenvalue weighted by Gasteiger charge is 2.40. The highest BCUT2D eigenvalue weighted by atomic mass is 16.5. The van der Waals surface area contributed by atoms with E-state index in [1.165, 1.54) is 19.5 Å². The van der Waals surface area contributed by atoms with Crippen molar-refractivity contribution < 1.29 is 9.53 Å². The molecule has 3 aromatic rings. The fourth-order valence-electron chi connectivity index (χ4n) is 3.72. The number of fused-ring (bicyclic) bond motifs is 4. The molecule has 0 saturated carbocycles. The summed E-state index contributed by atoms with van der Waals surface area (Å²) in [5, 5.41) is 2.82. The van der Waals surface area contributed by atoms with E-state index in [-0.39, 0.29) is 12.1 Å². The van der Waals surface area contributed by atoms with Crippen LogP contribution < -0.4 is 19.9 Å². The van der Waals surface area contributed by atoms with Gasteiger partial charge in [0.15, 0.2) is 11.6 Å². The van der Waals surface area contributed by atoms with Crippen LogP contribution in [-0.4, -0.2) is 57.2 Å². The molecule has 2 aliphatic heterocycles. The highest BCUT2D eigenvalue weighted by molar-refractivity contribution is 6.04. The molecular weight excluding hydrogens is 372 g/mol. The molecule has 2 bridgehead atoms. The highest BCUT2D eigenvalue weighted by Crippen LogP contribution is 2.40. The third-order valence-electron chi connectivity index (χ3n) is 5.08. The molecule has 1 atom stereocenters. The fraction of sp³-hybridized carbons (Fsp3) is 0.263. The zero-order chi connectivity index (χ0) is 19.8. The van der Waals surface area contributed by atoms with Gasteiger partial charge in [0.1, 0.15) is 0 Å². The van der Waals surface area contributed by atoms with Crippen LogP contribution in [0.2, 0.25) is 0 Å². The Kier molecular flexibility index (Phi) is 4.15. The molecule has 2 aliphatic rings. The van der Waals surface area contributed by atoms with Crippen molar-refractivity contribution in [1.82, 2.24) is 24.9 Å². The van der Waals surface area contributed by atoms with E-state index in [0.717, 1.165) is 30.8 Å². The van der Waals surface area contributed by atoms with Crippen LogP contribution in [0.1, 0.15) is 6.42 Å². The quantitative estimate of drug-likeness (QED) is 0.723. The lowest BCUT2D eigenvalue weighted by Gasteiger charge is -2.35. The van der Waals surface area contributed by atoms with Gasteiger partial charge in [-0.15, -0.1) is 0 Å². The first-order valence-electron chi connectivity index (χ1n) is 9.21. The summed E-state index contributed by atoms with van der Waals surface area (Å²) in [7, 11) is 1.52. The van der Waals surface area contributed by atoms with Crippen molar-refractivity contribution in [3.05, 3.63) is 43.1 Å². The van der Waals surface area contributed by atoms with Crippen LogP contribution in [0.15, 0.2) is 43.1 Å². The number of anilines is 3.